The summed E-state index contributed by atoms with van der Waals surface area (Å²) in [5.74, 6) is 0.0992. The number of thiocarbonyl (C=S) groups is 1. The van der Waals surface area contributed by atoms with E-state index in [2.05, 4.69) is 31.9 Å². The molecule has 0 atom stereocenters. The van der Waals surface area contributed by atoms with Gasteiger partial charge in [-0.05, 0) is 67.5 Å². The molecule has 2 aromatic rings. The van der Waals surface area contributed by atoms with Gasteiger partial charge >= 0.3 is 0 Å². The molecule has 2 rings (SSSR count). The minimum absolute atomic E-state index is 0.0238. The van der Waals surface area contributed by atoms with Crippen molar-refractivity contribution in [3.8, 4) is 5.75 Å². The Kier molecular flexibility index (Phi) is 7.95. The molecule has 3 N–H and O–H groups in total. The minimum atomic E-state index is -0.373. The summed E-state index contributed by atoms with van der Waals surface area (Å²) in [4.78, 5) is 24.2. The molecule has 0 aliphatic carbocycles. The van der Waals surface area contributed by atoms with E-state index in [1.54, 1.807) is 30.3 Å². The summed E-state index contributed by atoms with van der Waals surface area (Å²) in [6, 6.07) is 10.6. The van der Waals surface area contributed by atoms with Crippen molar-refractivity contribution >= 4 is 56.4 Å². The molecule has 0 fully saturated rings. The van der Waals surface area contributed by atoms with Gasteiger partial charge in [-0.1, -0.05) is 22.9 Å². The van der Waals surface area contributed by atoms with Gasteiger partial charge in [0.1, 0.15) is 5.75 Å². The van der Waals surface area contributed by atoms with E-state index in [1.165, 1.54) is 7.11 Å². The Hall–Kier alpha value is -2.45. The Morgan fingerprint density at radius 3 is 2.29 bits per heavy atom. The number of anilines is 2. The normalized spacial score (nSPS) is 10.1. The third kappa shape index (κ3) is 6.03. The van der Waals surface area contributed by atoms with E-state index in [9.17, 15) is 9.59 Å². The molecule has 0 aliphatic heterocycles. The molecule has 2 amide bonds. The molecule has 6 nitrogen and oxygen atoms in total. The average molecular weight is 464 g/mol. The Labute approximate surface area is 178 Å². The van der Waals surface area contributed by atoms with Crippen molar-refractivity contribution in [2.24, 2.45) is 0 Å². The molecular formula is C20H22BrN3O3S. The first-order valence-electron chi connectivity index (χ1n) is 8.70. The van der Waals surface area contributed by atoms with Gasteiger partial charge in [-0.3, -0.25) is 14.9 Å². The van der Waals surface area contributed by atoms with Crippen molar-refractivity contribution in [1.82, 2.24) is 5.32 Å². The number of hydrogen-bond acceptors (Lipinski definition) is 4. The average Bonchev–Trinajstić information content (AvgIpc) is 2.63. The summed E-state index contributed by atoms with van der Waals surface area (Å²) in [6.07, 6.45) is 1.27. The number of halogens is 1. The summed E-state index contributed by atoms with van der Waals surface area (Å²) in [6.45, 7) is 3.81. The fourth-order valence-corrected chi connectivity index (χ4v) is 3.37. The van der Waals surface area contributed by atoms with Crippen molar-refractivity contribution in [3.63, 3.8) is 0 Å². The van der Waals surface area contributed by atoms with Crippen LogP contribution >= 0.6 is 28.1 Å². The first-order chi connectivity index (χ1) is 13.3. The Morgan fingerprint density at radius 1 is 1.11 bits per heavy atom. The van der Waals surface area contributed by atoms with E-state index in [0.29, 0.717) is 29.1 Å². The molecule has 28 heavy (non-hydrogen) atoms. The van der Waals surface area contributed by atoms with Gasteiger partial charge in [-0.25, -0.2) is 0 Å². The van der Waals surface area contributed by atoms with Gasteiger partial charge in [0.15, 0.2) is 5.11 Å². The van der Waals surface area contributed by atoms with Crippen molar-refractivity contribution in [2.45, 2.75) is 26.7 Å². The number of nitrogens with one attached hydrogen (secondary N) is 3. The van der Waals surface area contributed by atoms with Gasteiger partial charge < -0.3 is 15.4 Å². The molecule has 0 saturated carbocycles. The van der Waals surface area contributed by atoms with Crippen LogP contribution in [0.15, 0.2) is 40.9 Å². The fourth-order valence-electron chi connectivity index (χ4n) is 2.59. The number of aryl methyl sites for hydroxylation is 1. The van der Waals surface area contributed by atoms with E-state index in [0.717, 1.165) is 16.5 Å². The second-order valence-corrected chi connectivity index (χ2v) is 7.41. The standard InChI is InChI=1S/C20H22BrN3O3S/c1-4-5-17(25)22-14-6-8-15(9-7-14)23-20(28)24-19(26)16-11-13(21)10-12(2)18(16)27-3/h6-11H,4-5H2,1-3H3,(H,22,25)(H2,23,24,26,28). The van der Waals surface area contributed by atoms with Crippen molar-refractivity contribution in [3.05, 3.63) is 52.0 Å². The number of benzene rings is 2. The number of carbonyl (C=O) groups excluding carboxylic acids is 2. The maximum Gasteiger partial charge on any atom is 0.261 e. The highest BCUT2D eigenvalue weighted by Crippen LogP contribution is 2.27. The number of methoxy groups -OCH3 is 1. The zero-order valence-electron chi connectivity index (χ0n) is 15.9. The first-order valence-corrected chi connectivity index (χ1v) is 9.90. The Balaban J connectivity index is 2.00. The lowest BCUT2D eigenvalue weighted by molar-refractivity contribution is -0.116. The van der Waals surface area contributed by atoms with Gasteiger partial charge in [0.2, 0.25) is 5.91 Å². The lowest BCUT2D eigenvalue weighted by atomic mass is 10.1. The Morgan fingerprint density at radius 2 is 1.71 bits per heavy atom. The smallest absolute Gasteiger partial charge is 0.261 e. The lowest BCUT2D eigenvalue weighted by Gasteiger charge is -2.14. The van der Waals surface area contributed by atoms with E-state index < -0.39 is 0 Å². The first kappa shape index (κ1) is 21.8. The summed E-state index contributed by atoms with van der Waals surface area (Å²) < 4.78 is 6.11. The molecule has 0 aliphatic rings. The maximum atomic E-state index is 12.6. The molecular weight excluding hydrogens is 442 g/mol. The zero-order chi connectivity index (χ0) is 20.7. The number of rotatable bonds is 6. The number of amides is 2. The number of ether oxygens (including phenoxy) is 1. The van der Waals surface area contributed by atoms with Crippen molar-refractivity contribution in [2.75, 3.05) is 17.7 Å². The molecule has 0 radical (unpaired) electrons. The molecule has 0 saturated heterocycles. The number of hydrogen-bond donors (Lipinski definition) is 3. The van der Waals surface area contributed by atoms with Gasteiger partial charge in [0.25, 0.3) is 5.91 Å². The maximum absolute atomic E-state index is 12.6. The van der Waals surface area contributed by atoms with Crippen LogP contribution in [0.3, 0.4) is 0 Å². The lowest BCUT2D eigenvalue weighted by Crippen LogP contribution is -2.34. The minimum Gasteiger partial charge on any atom is -0.496 e. The van der Waals surface area contributed by atoms with Crippen LogP contribution in [-0.2, 0) is 4.79 Å². The highest BCUT2D eigenvalue weighted by atomic mass is 79.9. The predicted molar refractivity (Wildman–Crippen MR) is 119 cm³/mol. The molecule has 0 heterocycles. The van der Waals surface area contributed by atoms with Crippen LogP contribution in [0.4, 0.5) is 11.4 Å². The predicted octanol–water partition coefficient (Wildman–Crippen LogP) is 4.63. The summed E-state index contributed by atoms with van der Waals surface area (Å²) in [5, 5.41) is 8.57. The molecule has 148 valence electrons. The highest BCUT2D eigenvalue weighted by molar-refractivity contribution is 9.10. The topological polar surface area (TPSA) is 79.5 Å². The second kappa shape index (κ2) is 10.2. The van der Waals surface area contributed by atoms with Crippen LogP contribution in [0.2, 0.25) is 0 Å². The summed E-state index contributed by atoms with van der Waals surface area (Å²) in [5.41, 5.74) is 2.61. The van der Waals surface area contributed by atoms with Crippen LogP contribution in [0.1, 0.15) is 35.7 Å². The van der Waals surface area contributed by atoms with Crippen molar-refractivity contribution in [1.29, 1.82) is 0 Å². The number of carbonyl (C=O) groups is 2. The molecule has 0 aromatic heterocycles. The van der Waals surface area contributed by atoms with Gasteiger partial charge in [-0.2, -0.15) is 0 Å². The monoisotopic (exact) mass is 463 g/mol. The highest BCUT2D eigenvalue weighted by Gasteiger charge is 2.16. The van der Waals surface area contributed by atoms with E-state index in [1.807, 2.05) is 19.9 Å². The molecule has 2 aromatic carbocycles. The third-order valence-electron chi connectivity index (χ3n) is 3.82. The molecule has 0 unspecified atom stereocenters. The third-order valence-corrected chi connectivity index (χ3v) is 4.48. The van der Waals surface area contributed by atoms with Crippen molar-refractivity contribution < 1.29 is 14.3 Å². The van der Waals surface area contributed by atoms with E-state index in [-0.39, 0.29) is 16.9 Å². The summed E-state index contributed by atoms with van der Waals surface area (Å²) >= 11 is 8.61. The Bertz CT molecular complexity index is 885. The second-order valence-electron chi connectivity index (χ2n) is 6.09. The SMILES string of the molecule is CCCC(=O)Nc1ccc(NC(=S)NC(=O)c2cc(Br)cc(C)c2OC)cc1. The van der Waals surface area contributed by atoms with Crippen LogP contribution in [0.5, 0.6) is 5.75 Å². The quantitative estimate of drug-likeness (QED) is 0.544. The van der Waals surface area contributed by atoms with Crippen LogP contribution < -0.4 is 20.7 Å². The molecule has 8 heteroatoms. The molecule has 0 spiro atoms. The van der Waals surface area contributed by atoms with Gasteiger partial charge in [0.05, 0.1) is 12.7 Å². The van der Waals surface area contributed by atoms with Gasteiger partial charge in [-0.15, -0.1) is 0 Å². The van der Waals surface area contributed by atoms with E-state index in [4.69, 9.17) is 17.0 Å². The largest absolute Gasteiger partial charge is 0.496 e. The van der Waals surface area contributed by atoms with Crippen LogP contribution in [0, 0.1) is 6.92 Å². The van der Waals surface area contributed by atoms with E-state index >= 15 is 0 Å². The van der Waals surface area contributed by atoms with Crippen LogP contribution in [0.25, 0.3) is 0 Å². The van der Waals surface area contributed by atoms with Gasteiger partial charge in [0, 0.05) is 22.3 Å². The van der Waals surface area contributed by atoms with Crippen LogP contribution in [-0.4, -0.2) is 24.0 Å². The molecule has 0 bridgehead atoms. The fraction of sp³-hybridized carbons (Fsp3) is 0.250. The summed E-state index contributed by atoms with van der Waals surface area (Å²) in [7, 11) is 1.52. The zero-order valence-corrected chi connectivity index (χ0v) is 18.3.